The predicted molar refractivity (Wildman–Crippen MR) is 65.9 cm³/mol. The van der Waals surface area contributed by atoms with Crippen molar-refractivity contribution in [1.82, 2.24) is 10.3 Å². The van der Waals surface area contributed by atoms with E-state index in [-0.39, 0.29) is 17.5 Å². The fourth-order valence-corrected chi connectivity index (χ4v) is 3.26. The van der Waals surface area contributed by atoms with Crippen LogP contribution in [-0.4, -0.2) is 22.9 Å². The van der Waals surface area contributed by atoms with Crippen LogP contribution in [0.5, 0.6) is 0 Å². The van der Waals surface area contributed by atoms with Crippen molar-refractivity contribution < 1.29 is 9.18 Å². The van der Waals surface area contributed by atoms with Gasteiger partial charge in [-0.2, -0.15) is 0 Å². The molecule has 1 N–H and O–H groups in total. The second kappa shape index (κ2) is 4.43. The Bertz CT molecular complexity index is 477. The number of carbonyl (C=O) groups is 1. The van der Waals surface area contributed by atoms with Crippen molar-refractivity contribution in [1.29, 1.82) is 0 Å². The molecule has 3 heterocycles. The van der Waals surface area contributed by atoms with Gasteiger partial charge in [-0.1, -0.05) is 0 Å². The molecular formula is C14H17FN2O. The van der Waals surface area contributed by atoms with Crippen LogP contribution < -0.4 is 5.32 Å². The number of aromatic nitrogens is 1. The molecule has 0 aliphatic carbocycles. The van der Waals surface area contributed by atoms with Crippen molar-refractivity contribution >= 4 is 5.78 Å². The van der Waals surface area contributed by atoms with Gasteiger partial charge in [0, 0.05) is 18.0 Å². The predicted octanol–water partition coefficient (Wildman–Crippen LogP) is 2.24. The molecule has 1 aromatic rings. The van der Waals surface area contributed by atoms with E-state index in [1.165, 1.54) is 18.9 Å². The van der Waals surface area contributed by atoms with E-state index in [4.69, 9.17) is 0 Å². The van der Waals surface area contributed by atoms with Crippen LogP contribution in [0.25, 0.3) is 0 Å². The molecule has 18 heavy (non-hydrogen) atoms. The van der Waals surface area contributed by atoms with E-state index in [1.807, 2.05) is 0 Å². The summed E-state index contributed by atoms with van der Waals surface area (Å²) in [6.45, 7) is 1.75. The normalized spacial score (nSPS) is 30.4. The van der Waals surface area contributed by atoms with E-state index >= 15 is 0 Å². The minimum Gasteiger partial charge on any atom is -0.311 e. The number of nitrogens with zero attached hydrogens (tertiary/aromatic N) is 1. The molecule has 3 nitrogen and oxygen atoms in total. The summed E-state index contributed by atoms with van der Waals surface area (Å²) >= 11 is 0. The van der Waals surface area contributed by atoms with E-state index in [1.54, 1.807) is 6.92 Å². The van der Waals surface area contributed by atoms with Crippen molar-refractivity contribution in [3.8, 4) is 0 Å². The molecule has 2 aliphatic rings. The Balaban J connectivity index is 1.82. The number of carbonyl (C=O) groups excluding carboxylic acids is 1. The summed E-state index contributed by atoms with van der Waals surface area (Å²) < 4.78 is 13.0. The third-order valence-electron chi connectivity index (χ3n) is 4.12. The maximum atomic E-state index is 13.0. The number of fused-ring (bicyclic) bond motifs is 2. The standard InChI is InChI=1S/C14H17FN2O/c1-8-4-10(15)7-16-13(8)14(18)9-5-11-2-3-12(6-9)17-11/h4,7,9,11-12,17H,2-3,5-6H2,1H3. The number of rotatable bonds is 2. The van der Waals surface area contributed by atoms with Crippen molar-refractivity contribution in [2.75, 3.05) is 0 Å². The third kappa shape index (κ3) is 2.05. The molecule has 0 saturated carbocycles. The first kappa shape index (κ1) is 11.8. The van der Waals surface area contributed by atoms with Gasteiger partial charge < -0.3 is 5.32 Å². The lowest BCUT2D eigenvalue weighted by molar-refractivity contribution is 0.0869. The van der Waals surface area contributed by atoms with Gasteiger partial charge in [-0.3, -0.25) is 4.79 Å². The first-order valence-electron chi connectivity index (χ1n) is 6.56. The molecule has 2 atom stereocenters. The average Bonchev–Trinajstić information content (AvgIpc) is 2.67. The molecule has 0 spiro atoms. The van der Waals surface area contributed by atoms with Crippen LogP contribution in [-0.2, 0) is 0 Å². The molecule has 2 bridgehead atoms. The highest BCUT2D eigenvalue weighted by atomic mass is 19.1. The largest absolute Gasteiger partial charge is 0.311 e. The highest BCUT2D eigenvalue weighted by molar-refractivity contribution is 5.97. The van der Waals surface area contributed by atoms with E-state index in [0.717, 1.165) is 19.0 Å². The Labute approximate surface area is 106 Å². The maximum Gasteiger partial charge on any atom is 0.184 e. The first-order chi connectivity index (χ1) is 8.63. The SMILES string of the molecule is Cc1cc(F)cnc1C(=O)C1CC2CCC(C1)N2. The van der Waals surface area contributed by atoms with Gasteiger partial charge >= 0.3 is 0 Å². The summed E-state index contributed by atoms with van der Waals surface area (Å²) in [6.07, 6.45) is 5.27. The summed E-state index contributed by atoms with van der Waals surface area (Å²) in [7, 11) is 0. The summed E-state index contributed by atoms with van der Waals surface area (Å²) in [5.74, 6) is -0.235. The van der Waals surface area contributed by atoms with Crippen LogP contribution in [0.3, 0.4) is 0 Å². The van der Waals surface area contributed by atoms with Gasteiger partial charge in [-0.15, -0.1) is 0 Å². The van der Waals surface area contributed by atoms with Gasteiger partial charge in [0.25, 0.3) is 0 Å². The molecule has 0 aromatic carbocycles. The molecule has 4 heteroatoms. The molecule has 2 unspecified atom stereocenters. The summed E-state index contributed by atoms with van der Waals surface area (Å²) in [4.78, 5) is 16.4. The summed E-state index contributed by atoms with van der Waals surface area (Å²) in [6, 6.07) is 2.35. The van der Waals surface area contributed by atoms with E-state index in [9.17, 15) is 9.18 Å². The maximum absolute atomic E-state index is 13.0. The molecule has 0 radical (unpaired) electrons. The second-order valence-corrected chi connectivity index (χ2v) is 5.49. The zero-order valence-corrected chi connectivity index (χ0v) is 10.4. The second-order valence-electron chi connectivity index (χ2n) is 5.49. The van der Waals surface area contributed by atoms with Gasteiger partial charge in [0.1, 0.15) is 11.5 Å². The van der Waals surface area contributed by atoms with Gasteiger partial charge in [0.15, 0.2) is 5.78 Å². The zero-order valence-electron chi connectivity index (χ0n) is 10.4. The van der Waals surface area contributed by atoms with Gasteiger partial charge in [0.2, 0.25) is 0 Å². The summed E-state index contributed by atoms with van der Waals surface area (Å²) in [5, 5.41) is 3.52. The number of hydrogen-bond acceptors (Lipinski definition) is 3. The van der Waals surface area contributed by atoms with Crippen LogP contribution in [0.4, 0.5) is 4.39 Å². The minimum atomic E-state index is -0.380. The molecule has 1 aromatic heterocycles. The number of Topliss-reactive ketones (excluding diaryl/α,β-unsaturated/α-hetero) is 1. The van der Waals surface area contributed by atoms with Crippen molar-refractivity contribution in [2.24, 2.45) is 5.92 Å². The zero-order chi connectivity index (χ0) is 12.7. The fourth-order valence-electron chi connectivity index (χ4n) is 3.26. The Morgan fingerprint density at radius 3 is 2.67 bits per heavy atom. The van der Waals surface area contributed by atoms with Crippen LogP contribution >= 0.6 is 0 Å². The Kier molecular flexibility index (Phi) is 2.90. The lowest BCUT2D eigenvalue weighted by atomic mass is 9.86. The minimum absolute atomic E-state index is 0.0559. The lowest BCUT2D eigenvalue weighted by Crippen LogP contribution is -2.40. The average molecular weight is 248 g/mol. The number of piperidine rings is 1. The van der Waals surface area contributed by atoms with Crippen LogP contribution in [0, 0.1) is 18.7 Å². The molecule has 96 valence electrons. The molecule has 2 fully saturated rings. The number of hydrogen-bond donors (Lipinski definition) is 1. The molecule has 2 aliphatic heterocycles. The van der Waals surface area contributed by atoms with Crippen LogP contribution in [0.1, 0.15) is 41.7 Å². The smallest absolute Gasteiger partial charge is 0.184 e. The molecule has 0 amide bonds. The monoisotopic (exact) mass is 248 g/mol. The van der Waals surface area contributed by atoms with Crippen molar-refractivity contribution in [3.05, 3.63) is 29.3 Å². The molecule has 2 saturated heterocycles. The Morgan fingerprint density at radius 1 is 1.39 bits per heavy atom. The Morgan fingerprint density at radius 2 is 2.06 bits per heavy atom. The van der Waals surface area contributed by atoms with Gasteiger partial charge in [-0.25, -0.2) is 9.37 Å². The number of halogens is 1. The highest BCUT2D eigenvalue weighted by Crippen LogP contribution is 2.32. The Hall–Kier alpha value is -1.29. The first-order valence-corrected chi connectivity index (χ1v) is 6.56. The highest BCUT2D eigenvalue weighted by Gasteiger charge is 2.37. The molecule has 3 rings (SSSR count). The van der Waals surface area contributed by atoms with Crippen LogP contribution in [0.2, 0.25) is 0 Å². The van der Waals surface area contributed by atoms with Gasteiger partial charge in [-0.05, 0) is 44.2 Å². The van der Waals surface area contributed by atoms with E-state index in [0.29, 0.717) is 23.3 Å². The van der Waals surface area contributed by atoms with E-state index in [2.05, 4.69) is 10.3 Å². The van der Waals surface area contributed by atoms with Gasteiger partial charge in [0.05, 0.1) is 6.20 Å². The lowest BCUT2D eigenvalue weighted by Gasteiger charge is -2.28. The third-order valence-corrected chi connectivity index (χ3v) is 4.12. The number of ketones is 1. The topological polar surface area (TPSA) is 42.0 Å². The van der Waals surface area contributed by atoms with Crippen LogP contribution in [0.15, 0.2) is 12.3 Å². The number of pyridine rings is 1. The van der Waals surface area contributed by atoms with E-state index < -0.39 is 0 Å². The number of aryl methyl sites for hydroxylation is 1. The van der Waals surface area contributed by atoms with Crippen molar-refractivity contribution in [3.63, 3.8) is 0 Å². The fraction of sp³-hybridized carbons (Fsp3) is 0.571. The molecular weight excluding hydrogens is 231 g/mol. The number of nitrogens with one attached hydrogen (secondary N) is 1. The van der Waals surface area contributed by atoms with Crippen molar-refractivity contribution in [2.45, 2.75) is 44.7 Å². The summed E-state index contributed by atoms with van der Waals surface area (Å²) in [5.41, 5.74) is 1.09. The quantitative estimate of drug-likeness (QED) is 0.816.